The Bertz CT molecular complexity index is 918. The average molecular weight is 385 g/mol. The molecule has 2 N–H and O–H groups in total. The van der Waals surface area contributed by atoms with Gasteiger partial charge in [-0.2, -0.15) is 0 Å². The number of nitrogens with zero attached hydrogens (tertiary/aromatic N) is 2. The highest BCUT2D eigenvalue weighted by Crippen LogP contribution is 2.11. The maximum absolute atomic E-state index is 12.9. The van der Waals surface area contributed by atoms with E-state index in [1.54, 1.807) is 18.2 Å². The largest absolute Gasteiger partial charge is 0.354 e. The van der Waals surface area contributed by atoms with Crippen LogP contribution < -0.4 is 10.6 Å². The minimum absolute atomic E-state index is 0.261. The quantitative estimate of drug-likeness (QED) is 0.649. The Kier molecular flexibility index (Phi) is 6.33. The Hall–Kier alpha value is -2.99. The summed E-state index contributed by atoms with van der Waals surface area (Å²) in [5, 5.41) is 6.55. The first-order valence-corrected chi connectivity index (χ1v) is 8.82. The first-order chi connectivity index (χ1) is 13.1. The Morgan fingerprint density at radius 3 is 2.67 bits per heavy atom. The summed E-state index contributed by atoms with van der Waals surface area (Å²) in [5.41, 5.74) is 2.17. The first-order valence-electron chi connectivity index (χ1n) is 8.44. The van der Waals surface area contributed by atoms with Gasteiger partial charge in [0.1, 0.15) is 11.5 Å². The molecular weight excluding hydrogens is 367 g/mol. The van der Waals surface area contributed by atoms with Crippen molar-refractivity contribution in [1.29, 1.82) is 0 Å². The Labute approximate surface area is 161 Å². The summed E-state index contributed by atoms with van der Waals surface area (Å²) in [5.74, 6) is -0.250. The molecular formula is C20H18ClFN4O. The van der Waals surface area contributed by atoms with Gasteiger partial charge in [-0.05, 0) is 47.9 Å². The Balaban J connectivity index is 1.53. The van der Waals surface area contributed by atoms with Gasteiger partial charge in [0.05, 0.1) is 0 Å². The summed E-state index contributed by atoms with van der Waals surface area (Å²) in [4.78, 5) is 20.6. The van der Waals surface area contributed by atoms with E-state index in [9.17, 15) is 9.18 Å². The smallest absolute Gasteiger partial charge is 0.270 e. The SMILES string of the molecule is O=C(NCc1ccc(F)cc1)c1ccnc(NCCc2cccc(Cl)c2)n1. The van der Waals surface area contributed by atoms with Crippen LogP contribution in [0.2, 0.25) is 5.02 Å². The number of hydrogen-bond donors (Lipinski definition) is 2. The molecule has 0 bridgehead atoms. The van der Waals surface area contributed by atoms with Crippen molar-refractivity contribution in [2.24, 2.45) is 0 Å². The minimum atomic E-state index is -0.320. The highest BCUT2D eigenvalue weighted by atomic mass is 35.5. The molecule has 3 aromatic rings. The van der Waals surface area contributed by atoms with Gasteiger partial charge in [-0.25, -0.2) is 14.4 Å². The van der Waals surface area contributed by atoms with E-state index in [1.807, 2.05) is 24.3 Å². The molecule has 3 rings (SSSR count). The normalized spacial score (nSPS) is 10.4. The van der Waals surface area contributed by atoms with Crippen LogP contribution in [-0.4, -0.2) is 22.4 Å². The zero-order chi connectivity index (χ0) is 19.1. The van der Waals surface area contributed by atoms with Crippen LogP contribution in [0.3, 0.4) is 0 Å². The third-order valence-electron chi connectivity index (χ3n) is 3.84. The number of amides is 1. The van der Waals surface area contributed by atoms with Gasteiger partial charge in [-0.1, -0.05) is 35.9 Å². The molecule has 0 saturated carbocycles. The zero-order valence-corrected chi connectivity index (χ0v) is 15.2. The zero-order valence-electron chi connectivity index (χ0n) is 14.5. The monoisotopic (exact) mass is 384 g/mol. The molecule has 7 heteroatoms. The van der Waals surface area contributed by atoms with Crippen molar-refractivity contribution in [3.8, 4) is 0 Å². The van der Waals surface area contributed by atoms with E-state index in [0.717, 1.165) is 17.5 Å². The number of carbonyl (C=O) groups is 1. The second-order valence-electron chi connectivity index (χ2n) is 5.88. The summed E-state index contributed by atoms with van der Waals surface area (Å²) in [6, 6.07) is 15.1. The van der Waals surface area contributed by atoms with E-state index in [-0.39, 0.29) is 17.4 Å². The Morgan fingerprint density at radius 2 is 1.89 bits per heavy atom. The van der Waals surface area contributed by atoms with Crippen molar-refractivity contribution in [3.63, 3.8) is 0 Å². The molecule has 27 heavy (non-hydrogen) atoms. The van der Waals surface area contributed by atoms with Crippen molar-refractivity contribution in [2.75, 3.05) is 11.9 Å². The topological polar surface area (TPSA) is 66.9 Å². The molecule has 1 heterocycles. The molecule has 0 radical (unpaired) electrons. The molecule has 0 atom stereocenters. The highest BCUT2D eigenvalue weighted by molar-refractivity contribution is 6.30. The molecule has 0 aliphatic carbocycles. The number of aromatic nitrogens is 2. The van der Waals surface area contributed by atoms with Crippen molar-refractivity contribution in [1.82, 2.24) is 15.3 Å². The van der Waals surface area contributed by atoms with Gasteiger partial charge in [0, 0.05) is 24.3 Å². The third-order valence-corrected chi connectivity index (χ3v) is 4.08. The second-order valence-corrected chi connectivity index (χ2v) is 6.32. The first kappa shape index (κ1) is 18.8. The van der Waals surface area contributed by atoms with Gasteiger partial charge in [-0.15, -0.1) is 0 Å². The number of carbonyl (C=O) groups excluding carboxylic acids is 1. The molecule has 2 aromatic carbocycles. The maximum Gasteiger partial charge on any atom is 0.270 e. The number of anilines is 1. The van der Waals surface area contributed by atoms with E-state index in [0.29, 0.717) is 24.1 Å². The van der Waals surface area contributed by atoms with E-state index in [1.165, 1.54) is 18.3 Å². The molecule has 0 saturated heterocycles. The van der Waals surface area contributed by atoms with Crippen LogP contribution in [0.1, 0.15) is 21.6 Å². The van der Waals surface area contributed by atoms with Crippen LogP contribution in [0, 0.1) is 5.82 Å². The fourth-order valence-electron chi connectivity index (χ4n) is 2.46. The van der Waals surface area contributed by atoms with Crippen LogP contribution in [0.4, 0.5) is 10.3 Å². The number of hydrogen-bond acceptors (Lipinski definition) is 4. The molecule has 0 unspecified atom stereocenters. The van der Waals surface area contributed by atoms with Gasteiger partial charge in [-0.3, -0.25) is 4.79 Å². The lowest BCUT2D eigenvalue weighted by molar-refractivity contribution is 0.0946. The molecule has 138 valence electrons. The van der Waals surface area contributed by atoms with Gasteiger partial charge in [0.2, 0.25) is 5.95 Å². The van der Waals surface area contributed by atoms with Crippen LogP contribution in [0.25, 0.3) is 0 Å². The van der Waals surface area contributed by atoms with Gasteiger partial charge in [0.15, 0.2) is 0 Å². The van der Waals surface area contributed by atoms with Crippen molar-refractivity contribution in [3.05, 3.63) is 88.5 Å². The van der Waals surface area contributed by atoms with E-state index in [2.05, 4.69) is 20.6 Å². The molecule has 0 aliphatic heterocycles. The molecule has 0 aliphatic rings. The van der Waals surface area contributed by atoms with Crippen LogP contribution in [-0.2, 0) is 13.0 Å². The fraction of sp³-hybridized carbons (Fsp3) is 0.150. The summed E-state index contributed by atoms with van der Waals surface area (Å²) in [6.45, 7) is 0.904. The van der Waals surface area contributed by atoms with Crippen LogP contribution in [0.15, 0.2) is 60.8 Å². The molecule has 1 amide bonds. The van der Waals surface area contributed by atoms with Gasteiger partial charge < -0.3 is 10.6 Å². The molecule has 0 fully saturated rings. The van der Waals surface area contributed by atoms with Crippen LogP contribution >= 0.6 is 11.6 Å². The van der Waals surface area contributed by atoms with Crippen molar-refractivity contribution < 1.29 is 9.18 Å². The van der Waals surface area contributed by atoms with E-state index in [4.69, 9.17) is 11.6 Å². The third kappa shape index (κ3) is 5.76. The molecule has 1 aromatic heterocycles. The van der Waals surface area contributed by atoms with Crippen molar-refractivity contribution in [2.45, 2.75) is 13.0 Å². The van der Waals surface area contributed by atoms with Gasteiger partial charge >= 0.3 is 0 Å². The lowest BCUT2D eigenvalue weighted by atomic mass is 10.1. The second kappa shape index (κ2) is 9.09. The van der Waals surface area contributed by atoms with Crippen LogP contribution in [0.5, 0.6) is 0 Å². The number of nitrogens with one attached hydrogen (secondary N) is 2. The predicted molar refractivity (Wildman–Crippen MR) is 103 cm³/mol. The maximum atomic E-state index is 12.9. The van der Waals surface area contributed by atoms with E-state index < -0.39 is 0 Å². The fourth-order valence-corrected chi connectivity index (χ4v) is 2.67. The predicted octanol–water partition coefficient (Wildman–Crippen LogP) is 3.85. The average Bonchev–Trinajstić information content (AvgIpc) is 2.68. The summed E-state index contributed by atoms with van der Waals surface area (Å²) >= 11 is 5.97. The summed E-state index contributed by atoms with van der Waals surface area (Å²) in [7, 11) is 0. The lowest BCUT2D eigenvalue weighted by Crippen LogP contribution is -2.24. The molecule has 5 nitrogen and oxygen atoms in total. The minimum Gasteiger partial charge on any atom is -0.354 e. The number of halogens is 2. The highest BCUT2D eigenvalue weighted by Gasteiger charge is 2.08. The van der Waals surface area contributed by atoms with Crippen molar-refractivity contribution >= 4 is 23.5 Å². The summed E-state index contributed by atoms with van der Waals surface area (Å²) in [6.07, 6.45) is 2.28. The summed E-state index contributed by atoms with van der Waals surface area (Å²) < 4.78 is 12.9. The number of benzene rings is 2. The van der Waals surface area contributed by atoms with E-state index >= 15 is 0 Å². The standard InChI is InChI=1S/C20H18ClFN4O/c21-16-3-1-2-14(12-16)8-10-23-20-24-11-9-18(26-20)19(27)25-13-15-4-6-17(22)7-5-15/h1-7,9,11-12H,8,10,13H2,(H,25,27)(H,23,24,26). The Morgan fingerprint density at radius 1 is 1.07 bits per heavy atom. The lowest BCUT2D eigenvalue weighted by Gasteiger charge is -2.08. The molecule has 0 spiro atoms. The number of rotatable bonds is 7. The van der Waals surface area contributed by atoms with Gasteiger partial charge in [0.25, 0.3) is 5.91 Å².